The maximum atomic E-state index is 6.29. The molecule has 158 valence electrons. The van der Waals surface area contributed by atoms with Crippen LogP contribution in [0.4, 0.5) is 5.13 Å². The molecule has 2 N–H and O–H groups in total. The van der Waals surface area contributed by atoms with Gasteiger partial charge in [-0.1, -0.05) is 0 Å². The van der Waals surface area contributed by atoms with Crippen LogP contribution in [0.1, 0.15) is 30.2 Å². The molecule has 2 fully saturated rings. The van der Waals surface area contributed by atoms with Crippen LogP contribution in [0.5, 0.6) is 0 Å². The lowest BCUT2D eigenvalue weighted by Crippen LogP contribution is -2.51. The summed E-state index contributed by atoms with van der Waals surface area (Å²) in [4.78, 5) is 20.6. The highest BCUT2D eigenvalue weighted by atomic mass is 32.1. The highest BCUT2D eigenvalue weighted by molar-refractivity contribution is 7.13. The number of guanidine groups is 1. The second-order valence-electron chi connectivity index (χ2n) is 7.96. The van der Waals surface area contributed by atoms with E-state index >= 15 is 0 Å². The average molecular weight is 418 g/mol. The van der Waals surface area contributed by atoms with Crippen molar-refractivity contribution in [3.63, 3.8) is 0 Å². The van der Waals surface area contributed by atoms with E-state index in [9.17, 15) is 0 Å². The molecule has 2 aliphatic rings. The van der Waals surface area contributed by atoms with Crippen molar-refractivity contribution in [2.45, 2.75) is 33.2 Å². The second-order valence-corrected chi connectivity index (χ2v) is 8.83. The van der Waals surface area contributed by atoms with Crippen molar-refractivity contribution in [1.29, 1.82) is 0 Å². The molecular weight excluding hydrogens is 386 g/mol. The average Bonchev–Trinajstić information content (AvgIpc) is 3.38. The Hall–Kier alpha value is -2.13. The first kappa shape index (κ1) is 20.2. The first-order valence-corrected chi connectivity index (χ1v) is 11.3. The van der Waals surface area contributed by atoms with E-state index in [0.29, 0.717) is 11.9 Å². The van der Waals surface area contributed by atoms with E-state index in [1.807, 2.05) is 25.4 Å². The molecule has 0 spiro atoms. The summed E-state index contributed by atoms with van der Waals surface area (Å²) in [6.45, 7) is 11.4. The van der Waals surface area contributed by atoms with E-state index in [1.54, 1.807) is 11.3 Å². The van der Waals surface area contributed by atoms with Crippen LogP contribution in [0.2, 0.25) is 0 Å². The van der Waals surface area contributed by atoms with Gasteiger partial charge in [-0.25, -0.2) is 9.97 Å². The van der Waals surface area contributed by atoms with Gasteiger partial charge < -0.3 is 20.0 Å². The lowest BCUT2D eigenvalue weighted by Gasteiger charge is -2.35. The fourth-order valence-electron chi connectivity index (χ4n) is 3.95. The van der Waals surface area contributed by atoms with Crippen LogP contribution in [0, 0.1) is 19.8 Å². The molecule has 4 rings (SSSR count). The van der Waals surface area contributed by atoms with Crippen LogP contribution in [0.25, 0.3) is 0 Å². The van der Waals surface area contributed by atoms with E-state index in [2.05, 4.69) is 24.7 Å². The smallest absolute Gasteiger partial charge is 0.208 e. The van der Waals surface area contributed by atoms with Gasteiger partial charge in [0.2, 0.25) is 5.89 Å². The lowest BCUT2D eigenvalue weighted by atomic mass is 9.97. The number of hydrogen-bond donors (Lipinski definition) is 1. The summed E-state index contributed by atoms with van der Waals surface area (Å²) < 4.78 is 5.72. The maximum absolute atomic E-state index is 6.29. The number of rotatable bonds is 5. The number of piperidine rings is 1. The second kappa shape index (κ2) is 9.13. The lowest BCUT2D eigenvalue weighted by molar-refractivity contribution is 0.166. The minimum Gasteiger partial charge on any atom is -0.444 e. The van der Waals surface area contributed by atoms with Crippen LogP contribution in [0.3, 0.4) is 0 Å². The standard InChI is InChI=1S/C20H31N7OS/c1-15-16(2)28-18(24-15)14-25-6-3-17(4-7-25)13-23-19(21)26-8-10-27(11-9-26)20-22-5-12-29-20/h5,12,17H,3-4,6-11,13-14H2,1-2H3,(H2,21,23). The molecule has 9 heteroatoms. The number of hydrogen-bond acceptors (Lipinski definition) is 7. The fraction of sp³-hybridized carbons (Fsp3) is 0.650. The number of piperazine rings is 1. The summed E-state index contributed by atoms with van der Waals surface area (Å²) in [5.74, 6) is 3.05. The van der Waals surface area contributed by atoms with Crippen molar-refractivity contribution >= 4 is 22.4 Å². The summed E-state index contributed by atoms with van der Waals surface area (Å²) in [7, 11) is 0. The topological polar surface area (TPSA) is 87.0 Å². The van der Waals surface area contributed by atoms with Gasteiger partial charge >= 0.3 is 0 Å². The van der Waals surface area contributed by atoms with Gasteiger partial charge in [-0.05, 0) is 45.7 Å². The molecule has 8 nitrogen and oxygen atoms in total. The highest BCUT2D eigenvalue weighted by Crippen LogP contribution is 2.21. The number of likely N-dealkylation sites (tertiary alicyclic amines) is 1. The number of anilines is 1. The monoisotopic (exact) mass is 417 g/mol. The van der Waals surface area contributed by atoms with Gasteiger partial charge in [0.05, 0.1) is 12.2 Å². The SMILES string of the molecule is Cc1nc(CN2CCC(CN=C(N)N3CCN(c4nccs4)CC3)CC2)oc1C. The van der Waals surface area contributed by atoms with Gasteiger partial charge in [-0.15, -0.1) is 11.3 Å². The fourth-order valence-corrected chi connectivity index (χ4v) is 4.64. The Labute approximate surface area is 176 Å². The largest absolute Gasteiger partial charge is 0.444 e. The zero-order chi connectivity index (χ0) is 20.2. The first-order valence-electron chi connectivity index (χ1n) is 10.4. The van der Waals surface area contributed by atoms with E-state index in [1.165, 1.54) is 0 Å². The van der Waals surface area contributed by atoms with Crippen molar-refractivity contribution in [2.24, 2.45) is 16.6 Å². The Kier molecular flexibility index (Phi) is 6.34. The number of aliphatic imine (C=N–C) groups is 1. The summed E-state index contributed by atoms with van der Waals surface area (Å²) >= 11 is 1.69. The van der Waals surface area contributed by atoms with Gasteiger partial charge in [0.15, 0.2) is 11.1 Å². The summed E-state index contributed by atoms with van der Waals surface area (Å²) in [6, 6.07) is 0. The minimum atomic E-state index is 0.606. The van der Waals surface area contributed by atoms with Crippen molar-refractivity contribution in [3.05, 3.63) is 28.9 Å². The maximum Gasteiger partial charge on any atom is 0.208 e. The van der Waals surface area contributed by atoms with Gasteiger partial charge in [0, 0.05) is 44.3 Å². The predicted octanol–water partition coefficient (Wildman–Crippen LogP) is 2.10. The minimum absolute atomic E-state index is 0.606. The quantitative estimate of drug-likeness (QED) is 0.589. The molecule has 0 amide bonds. The van der Waals surface area contributed by atoms with E-state index in [4.69, 9.17) is 15.1 Å². The molecule has 2 aromatic heterocycles. The Morgan fingerprint density at radius 3 is 2.59 bits per heavy atom. The zero-order valence-corrected chi connectivity index (χ0v) is 18.2. The predicted molar refractivity (Wildman–Crippen MR) is 116 cm³/mol. The van der Waals surface area contributed by atoms with Crippen LogP contribution in [-0.4, -0.2) is 71.5 Å². The van der Waals surface area contributed by atoms with Crippen LogP contribution in [0.15, 0.2) is 21.0 Å². The van der Waals surface area contributed by atoms with Crippen molar-refractivity contribution < 1.29 is 4.42 Å². The third-order valence-corrected chi connectivity index (χ3v) is 6.78. The Morgan fingerprint density at radius 1 is 1.21 bits per heavy atom. The number of thiazole rings is 1. The Balaban J connectivity index is 1.19. The van der Waals surface area contributed by atoms with Crippen LogP contribution >= 0.6 is 11.3 Å². The molecule has 2 aromatic rings. The molecule has 29 heavy (non-hydrogen) atoms. The number of nitrogens with two attached hydrogens (primary N) is 1. The molecule has 2 aliphatic heterocycles. The molecule has 0 unspecified atom stereocenters. The van der Waals surface area contributed by atoms with E-state index < -0.39 is 0 Å². The first-order chi connectivity index (χ1) is 14.1. The van der Waals surface area contributed by atoms with Crippen molar-refractivity contribution in [1.82, 2.24) is 19.8 Å². The van der Waals surface area contributed by atoms with E-state index in [-0.39, 0.29) is 0 Å². The summed E-state index contributed by atoms with van der Waals surface area (Å²) in [5, 5.41) is 3.12. The van der Waals surface area contributed by atoms with E-state index in [0.717, 1.165) is 87.7 Å². The molecule has 0 atom stereocenters. The normalized spacial score (nSPS) is 19.9. The third kappa shape index (κ3) is 5.08. The summed E-state index contributed by atoms with van der Waals surface area (Å²) in [6.07, 6.45) is 4.15. The van der Waals surface area contributed by atoms with Gasteiger partial charge in [0.1, 0.15) is 5.76 Å². The Morgan fingerprint density at radius 2 is 1.97 bits per heavy atom. The molecule has 0 radical (unpaired) electrons. The summed E-state index contributed by atoms with van der Waals surface area (Å²) in [5.41, 5.74) is 7.28. The molecule has 0 aliphatic carbocycles. The van der Waals surface area contributed by atoms with Crippen molar-refractivity contribution in [2.75, 3.05) is 50.7 Å². The number of aryl methyl sites for hydroxylation is 2. The van der Waals surface area contributed by atoms with Crippen LogP contribution < -0.4 is 10.6 Å². The molecule has 0 aromatic carbocycles. The molecule has 0 bridgehead atoms. The molecule has 0 saturated carbocycles. The van der Waals surface area contributed by atoms with Gasteiger partial charge in [-0.2, -0.15) is 0 Å². The van der Waals surface area contributed by atoms with Gasteiger partial charge in [0.25, 0.3) is 0 Å². The van der Waals surface area contributed by atoms with Crippen molar-refractivity contribution in [3.8, 4) is 0 Å². The number of nitrogens with zero attached hydrogens (tertiary/aromatic N) is 6. The van der Waals surface area contributed by atoms with Gasteiger partial charge in [-0.3, -0.25) is 9.89 Å². The van der Waals surface area contributed by atoms with Crippen LogP contribution in [-0.2, 0) is 6.54 Å². The highest BCUT2D eigenvalue weighted by Gasteiger charge is 2.22. The number of aromatic nitrogens is 2. The third-order valence-electron chi connectivity index (χ3n) is 5.94. The Bertz CT molecular complexity index is 783. The molecule has 2 saturated heterocycles. The number of oxazole rings is 1. The molecule has 4 heterocycles. The molecular formula is C20H31N7OS. The zero-order valence-electron chi connectivity index (χ0n) is 17.4.